The Morgan fingerprint density at radius 3 is 2.21 bits per heavy atom. The summed E-state index contributed by atoms with van der Waals surface area (Å²) in [6.45, 7) is 0. The molecule has 0 aromatic heterocycles. The minimum atomic E-state index is -2.15. The number of allylic oxidation sites excluding steroid dienone is 1. The fraction of sp³-hybridized carbons (Fsp3) is 0. The van der Waals surface area contributed by atoms with Crippen LogP contribution in [-0.4, -0.2) is 5.78 Å². The van der Waals surface area contributed by atoms with Crippen molar-refractivity contribution in [1.29, 1.82) is 5.26 Å². The molecule has 0 heterocycles. The van der Waals surface area contributed by atoms with Gasteiger partial charge in [-0.15, -0.1) is 0 Å². The van der Waals surface area contributed by atoms with Gasteiger partial charge in [0.05, 0.1) is 5.56 Å². The Kier molecular flexibility index (Phi) is 4.94. The van der Waals surface area contributed by atoms with Crippen molar-refractivity contribution in [3.8, 4) is 6.07 Å². The van der Waals surface area contributed by atoms with Crippen LogP contribution in [0.5, 0.6) is 0 Å². The zero-order chi connectivity index (χ0) is 17.9. The molecule has 0 atom stereocenters. The summed E-state index contributed by atoms with van der Waals surface area (Å²) in [6.07, 6.45) is 0.855. The van der Waals surface area contributed by atoms with Crippen LogP contribution in [0.3, 0.4) is 0 Å². The van der Waals surface area contributed by atoms with Crippen LogP contribution in [0.4, 0.5) is 27.6 Å². The zero-order valence-corrected chi connectivity index (χ0v) is 11.7. The molecule has 0 bridgehead atoms. The van der Waals surface area contributed by atoms with Gasteiger partial charge in [-0.25, -0.2) is 22.0 Å². The SMILES string of the molecule is N#CC(=CNc1ccc(F)cc1)C(=O)c1cc(F)c(F)c(F)c1F. The molecule has 122 valence electrons. The molecule has 0 aliphatic carbocycles. The molecule has 1 N–H and O–H groups in total. The molecule has 0 amide bonds. The number of carbonyl (C=O) groups excluding carboxylic acids is 1. The first-order chi connectivity index (χ1) is 11.3. The second-order valence-corrected chi connectivity index (χ2v) is 4.50. The van der Waals surface area contributed by atoms with E-state index in [1.54, 1.807) is 0 Å². The highest BCUT2D eigenvalue weighted by atomic mass is 19.2. The van der Waals surface area contributed by atoms with Crippen molar-refractivity contribution >= 4 is 11.5 Å². The number of halogens is 5. The molecular formula is C16H7F5N2O. The number of rotatable bonds is 4. The van der Waals surface area contributed by atoms with Gasteiger partial charge in [0.1, 0.15) is 17.5 Å². The fourth-order valence-electron chi connectivity index (χ4n) is 1.73. The zero-order valence-electron chi connectivity index (χ0n) is 11.7. The molecule has 0 fully saturated rings. The van der Waals surface area contributed by atoms with Gasteiger partial charge in [0.25, 0.3) is 0 Å². The normalized spacial score (nSPS) is 11.1. The number of anilines is 1. The number of carbonyl (C=O) groups is 1. The van der Waals surface area contributed by atoms with E-state index in [4.69, 9.17) is 5.26 Å². The molecule has 3 nitrogen and oxygen atoms in total. The standard InChI is InChI=1S/C16H7F5N2O/c17-9-1-3-10(4-2-9)23-7-8(6-22)16(24)11-5-12(18)14(20)15(21)13(11)19/h1-5,7,23H. The summed E-state index contributed by atoms with van der Waals surface area (Å²) < 4.78 is 65.6. The number of benzene rings is 2. The lowest BCUT2D eigenvalue weighted by Gasteiger charge is -2.05. The van der Waals surface area contributed by atoms with Gasteiger partial charge >= 0.3 is 0 Å². The molecule has 0 saturated carbocycles. The van der Waals surface area contributed by atoms with Gasteiger partial charge in [0, 0.05) is 11.9 Å². The third-order valence-corrected chi connectivity index (χ3v) is 2.94. The van der Waals surface area contributed by atoms with E-state index >= 15 is 0 Å². The van der Waals surface area contributed by atoms with E-state index in [9.17, 15) is 26.7 Å². The number of hydrogen-bond donors (Lipinski definition) is 1. The second kappa shape index (κ2) is 6.91. The summed E-state index contributed by atoms with van der Waals surface area (Å²) in [5.41, 5.74) is -1.52. The van der Waals surface area contributed by atoms with Crippen molar-refractivity contribution in [3.63, 3.8) is 0 Å². The number of nitriles is 1. The van der Waals surface area contributed by atoms with Crippen LogP contribution >= 0.6 is 0 Å². The Balaban J connectivity index is 2.34. The summed E-state index contributed by atoms with van der Waals surface area (Å²) >= 11 is 0. The molecule has 2 aromatic rings. The Labute approximate surface area is 132 Å². The van der Waals surface area contributed by atoms with Crippen LogP contribution in [-0.2, 0) is 0 Å². The highest BCUT2D eigenvalue weighted by Gasteiger charge is 2.25. The highest BCUT2D eigenvalue weighted by Crippen LogP contribution is 2.21. The first-order valence-electron chi connectivity index (χ1n) is 6.35. The first kappa shape index (κ1) is 17.1. The molecule has 8 heteroatoms. The average molecular weight is 338 g/mol. The highest BCUT2D eigenvalue weighted by molar-refractivity contribution is 6.11. The summed E-state index contributed by atoms with van der Waals surface area (Å²) in [4.78, 5) is 12.0. The monoisotopic (exact) mass is 338 g/mol. The van der Waals surface area contributed by atoms with E-state index < -0.39 is 46.0 Å². The van der Waals surface area contributed by atoms with Gasteiger partial charge in [-0.1, -0.05) is 0 Å². The van der Waals surface area contributed by atoms with E-state index in [-0.39, 0.29) is 6.07 Å². The fourth-order valence-corrected chi connectivity index (χ4v) is 1.73. The van der Waals surface area contributed by atoms with Crippen molar-refractivity contribution in [2.75, 3.05) is 5.32 Å². The summed E-state index contributed by atoms with van der Waals surface area (Å²) in [6, 6.07) is 6.40. The van der Waals surface area contributed by atoms with E-state index in [0.29, 0.717) is 5.69 Å². The molecule has 2 aromatic carbocycles. The number of hydrogen-bond acceptors (Lipinski definition) is 3. The van der Waals surface area contributed by atoms with E-state index in [1.165, 1.54) is 18.2 Å². The molecule has 0 aliphatic rings. The Morgan fingerprint density at radius 1 is 1.00 bits per heavy atom. The van der Waals surface area contributed by atoms with Crippen molar-refractivity contribution in [2.24, 2.45) is 0 Å². The molecule has 2 rings (SSSR count). The Hall–Kier alpha value is -3.21. The first-order valence-corrected chi connectivity index (χ1v) is 6.35. The molecule has 0 radical (unpaired) electrons. The lowest BCUT2D eigenvalue weighted by molar-refractivity contribution is 0.103. The Bertz CT molecular complexity index is 870. The van der Waals surface area contributed by atoms with Crippen molar-refractivity contribution in [2.45, 2.75) is 0 Å². The molecular weight excluding hydrogens is 331 g/mol. The molecule has 0 saturated heterocycles. The summed E-state index contributed by atoms with van der Waals surface area (Å²) in [5, 5.41) is 11.4. The van der Waals surface area contributed by atoms with Crippen LogP contribution in [0.25, 0.3) is 0 Å². The van der Waals surface area contributed by atoms with Crippen LogP contribution < -0.4 is 5.32 Å². The van der Waals surface area contributed by atoms with Crippen LogP contribution in [0.15, 0.2) is 42.1 Å². The number of Topliss-reactive ketones (excluding diaryl/α,β-unsaturated/α-hetero) is 1. The molecule has 0 aliphatic heterocycles. The number of ketones is 1. The minimum Gasteiger partial charge on any atom is -0.360 e. The van der Waals surface area contributed by atoms with Crippen LogP contribution in [0.1, 0.15) is 10.4 Å². The van der Waals surface area contributed by atoms with Crippen LogP contribution in [0.2, 0.25) is 0 Å². The van der Waals surface area contributed by atoms with E-state index in [0.717, 1.165) is 18.3 Å². The summed E-state index contributed by atoms with van der Waals surface area (Å²) in [5.74, 6) is -9.73. The lowest BCUT2D eigenvalue weighted by Crippen LogP contribution is -2.10. The van der Waals surface area contributed by atoms with Crippen molar-refractivity contribution in [1.82, 2.24) is 0 Å². The average Bonchev–Trinajstić information content (AvgIpc) is 2.58. The van der Waals surface area contributed by atoms with Crippen molar-refractivity contribution in [3.05, 3.63) is 76.8 Å². The minimum absolute atomic E-state index is 0.166. The largest absolute Gasteiger partial charge is 0.360 e. The molecule has 0 unspecified atom stereocenters. The van der Waals surface area contributed by atoms with Gasteiger partial charge in [0.15, 0.2) is 23.3 Å². The maximum Gasteiger partial charge on any atom is 0.208 e. The number of nitrogens with zero attached hydrogens (tertiary/aromatic N) is 1. The van der Waals surface area contributed by atoms with E-state index in [1.807, 2.05) is 0 Å². The van der Waals surface area contributed by atoms with Crippen LogP contribution in [0, 0.1) is 40.4 Å². The topological polar surface area (TPSA) is 52.9 Å². The molecule has 0 spiro atoms. The van der Waals surface area contributed by atoms with Gasteiger partial charge < -0.3 is 5.32 Å². The van der Waals surface area contributed by atoms with Crippen molar-refractivity contribution < 1.29 is 26.7 Å². The quantitative estimate of drug-likeness (QED) is 0.228. The van der Waals surface area contributed by atoms with Gasteiger partial charge in [-0.05, 0) is 30.3 Å². The van der Waals surface area contributed by atoms with Gasteiger partial charge in [0.2, 0.25) is 5.78 Å². The van der Waals surface area contributed by atoms with Gasteiger partial charge in [-0.3, -0.25) is 4.79 Å². The van der Waals surface area contributed by atoms with Gasteiger partial charge in [-0.2, -0.15) is 5.26 Å². The molecule has 24 heavy (non-hydrogen) atoms. The second-order valence-electron chi connectivity index (χ2n) is 4.50. The Morgan fingerprint density at radius 2 is 1.62 bits per heavy atom. The van der Waals surface area contributed by atoms with E-state index in [2.05, 4.69) is 5.32 Å². The number of nitrogens with one attached hydrogen (secondary N) is 1. The lowest BCUT2D eigenvalue weighted by atomic mass is 10.0. The third-order valence-electron chi connectivity index (χ3n) is 2.94. The smallest absolute Gasteiger partial charge is 0.208 e. The predicted octanol–water partition coefficient (Wildman–Crippen LogP) is 4.08. The third kappa shape index (κ3) is 3.41. The maximum absolute atomic E-state index is 13.6. The summed E-state index contributed by atoms with van der Waals surface area (Å²) in [7, 11) is 0. The predicted molar refractivity (Wildman–Crippen MR) is 74.3 cm³/mol. The maximum atomic E-state index is 13.6.